The molecule has 0 heterocycles. The van der Waals surface area contributed by atoms with Crippen LogP contribution in [0.5, 0.6) is 0 Å². The number of nitrogens with zero attached hydrogens (tertiary/aromatic N) is 1. The molecular formula is C12H19N3O2. The second-order valence-corrected chi connectivity index (χ2v) is 5.19. The van der Waals surface area contributed by atoms with Gasteiger partial charge in [0.15, 0.2) is 0 Å². The van der Waals surface area contributed by atoms with E-state index in [9.17, 15) is 4.79 Å². The molecule has 1 amide bonds. The van der Waals surface area contributed by atoms with Crippen LogP contribution >= 0.6 is 0 Å². The molecule has 2 fully saturated rings. The molecule has 0 spiro atoms. The summed E-state index contributed by atoms with van der Waals surface area (Å²) in [6.07, 6.45) is 5.75. The Bertz CT molecular complexity index is 325. The lowest BCUT2D eigenvalue weighted by Gasteiger charge is -2.41. The van der Waals surface area contributed by atoms with Gasteiger partial charge in [-0.25, -0.2) is 4.79 Å². The van der Waals surface area contributed by atoms with Crippen molar-refractivity contribution < 1.29 is 9.90 Å². The normalized spacial score (nSPS) is 31.0. The van der Waals surface area contributed by atoms with E-state index in [0.29, 0.717) is 6.04 Å². The summed E-state index contributed by atoms with van der Waals surface area (Å²) in [5.41, 5.74) is -0.280. The molecule has 2 aliphatic rings. The molecule has 17 heavy (non-hydrogen) atoms. The maximum atomic E-state index is 10.5. The summed E-state index contributed by atoms with van der Waals surface area (Å²) in [4.78, 5) is 10.5. The Balaban J connectivity index is 1.76. The van der Waals surface area contributed by atoms with E-state index in [2.05, 4.69) is 16.7 Å². The third-order valence-electron chi connectivity index (χ3n) is 3.96. The van der Waals surface area contributed by atoms with E-state index in [4.69, 9.17) is 10.4 Å². The van der Waals surface area contributed by atoms with Crippen LogP contribution < -0.4 is 10.6 Å². The van der Waals surface area contributed by atoms with Crippen LogP contribution in [-0.2, 0) is 0 Å². The van der Waals surface area contributed by atoms with Crippen molar-refractivity contribution in [2.75, 3.05) is 0 Å². The van der Waals surface area contributed by atoms with E-state index in [-0.39, 0.29) is 11.6 Å². The van der Waals surface area contributed by atoms with Gasteiger partial charge in [-0.15, -0.1) is 0 Å². The molecule has 0 aromatic rings. The van der Waals surface area contributed by atoms with E-state index < -0.39 is 6.09 Å². The van der Waals surface area contributed by atoms with Crippen molar-refractivity contribution in [1.29, 1.82) is 5.26 Å². The Morgan fingerprint density at radius 2 is 1.82 bits per heavy atom. The maximum Gasteiger partial charge on any atom is 0.404 e. The zero-order valence-electron chi connectivity index (χ0n) is 9.91. The average Bonchev–Trinajstić information content (AvgIpc) is 2.25. The Morgan fingerprint density at radius 1 is 1.24 bits per heavy atom. The number of rotatable bonds is 3. The van der Waals surface area contributed by atoms with Crippen LogP contribution in [-0.4, -0.2) is 28.8 Å². The molecule has 0 unspecified atom stereocenters. The number of hydrogen-bond acceptors (Lipinski definition) is 3. The third kappa shape index (κ3) is 2.89. The van der Waals surface area contributed by atoms with Gasteiger partial charge in [-0.1, -0.05) is 0 Å². The van der Waals surface area contributed by atoms with Crippen LogP contribution in [0.15, 0.2) is 0 Å². The zero-order chi connectivity index (χ0) is 12.3. The highest BCUT2D eigenvalue weighted by Gasteiger charge is 2.39. The summed E-state index contributed by atoms with van der Waals surface area (Å²) >= 11 is 0. The topological polar surface area (TPSA) is 85.2 Å². The van der Waals surface area contributed by atoms with Crippen molar-refractivity contribution in [2.45, 2.75) is 62.6 Å². The SMILES string of the molecule is N#CC1(NC2CCC(NC(=O)O)CC2)CCC1. The molecule has 0 saturated heterocycles. The molecule has 0 atom stereocenters. The highest BCUT2D eigenvalue weighted by atomic mass is 16.4. The van der Waals surface area contributed by atoms with Gasteiger partial charge in [0.25, 0.3) is 0 Å². The van der Waals surface area contributed by atoms with Crippen molar-refractivity contribution >= 4 is 6.09 Å². The van der Waals surface area contributed by atoms with Gasteiger partial charge in [0, 0.05) is 12.1 Å². The van der Waals surface area contributed by atoms with Gasteiger partial charge < -0.3 is 10.4 Å². The molecular weight excluding hydrogens is 218 g/mol. The predicted molar refractivity (Wildman–Crippen MR) is 62.5 cm³/mol. The molecule has 5 nitrogen and oxygen atoms in total. The summed E-state index contributed by atoms with van der Waals surface area (Å²) in [5, 5.41) is 23.8. The number of hydrogen-bond donors (Lipinski definition) is 3. The lowest BCUT2D eigenvalue weighted by Crippen LogP contribution is -2.55. The summed E-state index contributed by atoms with van der Waals surface area (Å²) in [7, 11) is 0. The second-order valence-electron chi connectivity index (χ2n) is 5.19. The molecule has 2 aliphatic carbocycles. The molecule has 0 bridgehead atoms. The van der Waals surface area contributed by atoms with Gasteiger partial charge in [0.05, 0.1) is 6.07 Å². The standard InChI is InChI=1S/C12H19N3O2/c13-8-12(6-1-7-12)15-10-4-2-9(3-5-10)14-11(16)17/h9-10,14-15H,1-7H2,(H,16,17). The van der Waals surface area contributed by atoms with Crippen molar-refractivity contribution in [2.24, 2.45) is 0 Å². The maximum absolute atomic E-state index is 10.5. The van der Waals surface area contributed by atoms with Gasteiger partial charge >= 0.3 is 6.09 Å². The quantitative estimate of drug-likeness (QED) is 0.696. The van der Waals surface area contributed by atoms with Gasteiger partial charge in [0.2, 0.25) is 0 Å². The second kappa shape index (κ2) is 4.92. The van der Waals surface area contributed by atoms with Crippen molar-refractivity contribution in [3.05, 3.63) is 0 Å². The van der Waals surface area contributed by atoms with E-state index in [1.165, 1.54) is 0 Å². The molecule has 0 radical (unpaired) electrons. The molecule has 3 N–H and O–H groups in total. The third-order valence-corrected chi connectivity index (χ3v) is 3.96. The fraction of sp³-hybridized carbons (Fsp3) is 0.833. The smallest absolute Gasteiger partial charge is 0.404 e. The Hall–Kier alpha value is -1.28. The molecule has 94 valence electrons. The van der Waals surface area contributed by atoms with Crippen LogP contribution in [0.2, 0.25) is 0 Å². The monoisotopic (exact) mass is 237 g/mol. The number of carbonyl (C=O) groups is 1. The molecule has 0 aromatic carbocycles. The van der Waals surface area contributed by atoms with E-state index in [1.54, 1.807) is 0 Å². The van der Waals surface area contributed by atoms with Gasteiger partial charge in [-0.2, -0.15) is 5.26 Å². The summed E-state index contributed by atoms with van der Waals surface area (Å²) in [6, 6.07) is 2.85. The summed E-state index contributed by atoms with van der Waals surface area (Å²) in [5.74, 6) is 0. The fourth-order valence-electron chi connectivity index (χ4n) is 2.77. The first-order valence-corrected chi connectivity index (χ1v) is 6.32. The first kappa shape index (κ1) is 12.2. The first-order valence-electron chi connectivity index (χ1n) is 6.32. The van der Waals surface area contributed by atoms with Gasteiger partial charge in [0.1, 0.15) is 5.54 Å². The van der Waals surface area contributed by atoms with Crippen LogP contribution in [0.25, 0.3) is 0 Å². The zero-order valence-corrected chi connectivity index (χ0v) is 9.91. The van der Waals surface area contributed by atoms with Crippen LogP contribution in [0.4, 0.5) is 4.79 Å². The highest BCUT2D eigenvalue weighted by molar-refractivity contribution is 5.64. The largest absolute Gasteiger partial charge is 0.465 e. The van der Waals surface area contributed by atoms with Crippen LogP contribution in [0.1, 0.15) is 44.9 Å². The van der Waals surface area contributed by atoms with E-state index in [1.807, 2.05) is 0 Å². The predicted octanol–water partition coefficient (Wildman–Crippen LogP) is 1.60. The highest BCUT2D eigenvalue weighted by Crippen LogP contribution is 2.33. The molecule has 2 rings (SSSR count). The molecule has 0 aromatic heterocycles. The molecule has 2 saturated carbocycles. The lowest BCUT2D eigenvalue weighted by atomic mass is 9.76. The lowest BCUT2D eigenvalue weighted by molar-refractivity contribution is 0.173. The molecule has 5 heteroatoms. The van der Waals surface area contributed by atoms with Crippen LogP contribution in [0, 0.1) is 11.3 Å². The minimum Gasteiger partial charge on any atom is -0.465 e. The number of carboxylic acid groups (broad SMARTS) is 1. The molecule has 0 aliphatic heterocycles. The summed E-state index contributed by atoms with van der Waals surface area (Å²) in [6.45, 7) is 0. The minimum atomic E-state index is -0.936. The van der Waals surface area contributed by atoms with E-state index >= 15 is 0 Å². The average molecular weight is 237 g/mol. The minimum absolute atomic E-state index is 0.0879. The van der Waals surface area contributed by atoms with Crippen molar-refractivity contribution in [3.8, 4) is 6.07 Å². The Morgan fingerprint density at radius 3 is 2.24 bits per heavy atom. The number of amides is 1. The van der Waals surface area contributed by atoms with Gasteiger partial charge in [-0.3, -0.25) is 5.32 Å². The first-order chi connectivity index (χ1) is 8.13. The van der Waals surface area contributed by atoms with E-state index in [0.717, 1.165) is 44.9 Å². The Kier molecular flexibility index (Phi) is 3.53. The van der Waals surface area contributed by atoms with Crippen molar-refractivity contribution in [3.63, 3.8) is 0 Å². The number of nitriles is 1. The Labute approximate surface area is 101 Å². The fourth-order valence-corrected chi connectivity index (χ4v) is 2.77. The summed E-state index contributed by atoms with van der Waals surface area (Å²) < 4.78 is 0. The van der Waals surface area contributed by atoms with Crippen molar-refractivity contribution in [1.82, 2.24) is 10.6 Å². The van der Waals surface area contributed by atoms with Crippen LogP contribution in [0.3, 0.4) is 0 Å². The van der Waals surface area contributed by atoms with Gasteiger partial charge in [-0.05, 0) is 44.9 Å². The number of nitrogens with one attached hydrogen (secondary N) is 2.